The minimum Gasteiger partial charge on any atom is -0.370 e. The SMILES string of the molecule is CN(C)C(=O)c1cc2cnc(Nc3ccc(N4CC[C@H](N(C)C)C4)cc3)nc2n(C23CC(C2)C3)c1=O. The van der Waals surface area contributed by atoms with E-state index < -0.39 is 0 Å². The summed E-state index contributed by atoms with van der Waals surface area (Å²) in [6.07, 6.45) is 5.80. The van der Waals surface area contributed by atoms with Gasteiger partial charge in [0.05, 0.1) is 5.54 Å². The maximum Gasteiger partial charge on any atom is 0.265 e. The number of anilines is 3. The van der Waals surface area contributed by atoms with E-state index in [1.807, 2.05) is 12.1 Å². The average molecular weight is 488 g/mol. The number of aromatic nitrogens is 3. The minimum absolute atomic E-state index is 0.176. The zero-order chi connectivity index (χ0) is 25.2. The molecule has 9 nitrogen and oxygen atoms in total. The number of hydrogen-bond acceptors (Lipinski definition) is 7. The van der Waals surface area contributed by atoms with E-state index in [-0.39, 0.29) is 22.6 Å². The maximum absolute atomic E-state index is 13.5. The van der Waals surface area contributed by atoms with E-state index in [0.717, 1.165) is 38.0 Å². The van der Waals surface area contributed by atoms with Crippen molar-refractivity contribution in [2.75, 3.05) is 51.5 Å². The van der Waals surface area contributed by atoms with Crippen LogP contribution in [0.4, 0.5) is 17.3 Å². The molecule has 1 saturated heterocycles. The number of likely N-dealkylation sites (N-methyl/N-ethyl adjacent to an activating group) is 1. The van der Waals surface area contributed by atoms with Crippen LogP contribution < -0.4 is 15.8 Å². The summed E-state index contributed by atoms with van der Waals surface area (Å²) in [6.45, 7) is 2.09. The van der Waals surface area contributed by atoms with Crippen LogP contribution in [-0.4, -0.2) is 77.6 Å². The van der Waals surface area contributed by atoms with Crippen LogP contribution in [0.3, 0.4) is 0 Å². The molecule has 0 radical (unpaired) electrons. The molecular weight excluding hydrogens is 454 g/mol. The molecule has 3 aliphatic carbocycles. The molecular formula is C27H33N7O2. The zero-order valence-electron chi connectivity index (χ0n) is 21.4. The minimum atomic E-state index is -0.292. The molecule has 3 heterocycles. The molecule has 4 aliphatic rings. The molecule has 0 spiro atoms. The van der Waals surface area contributed by atoms with Gasteiger partial charge in [0.1, 0.15) is 11.2 Å². The number of rotatable bonds is 6. The van der Waals surface area contributed by atoms with Gasteiger partial charge < -0.3 is 20.0 Å². The largest absolute Gasteiger partial charge is 0.370 e. The lowest BCUT2D eigenvalue weighted by Crippen LogP contribution is -2.62. The average Bonchev–Trinajstić information content (AvgIpc) is 3.29. The molecule has 3 aromatic rings. The van der Waals surface area contributed by atoms with Crippen molar-refractivity contribution in [1.82, 2.24) is 24.3 Å². The van der Waals surface area contributed by atoms with Crippen LogP contribution in [0.5, 0.6) is 0 Å². The van der Waals surface area contributed by atoms with Crippen molar-refractivity contribution >= 4 is 34.3 Å². The number of carbonyl (C=O) groups excluding carboxylic acids is 1. The van der Waals surface area contributed by atoms with E-state index in [4.69, 9.17) is 4.98 Å². The van der Waals surface area contributed by atoms with Gasteiger partial charge in [0, 0.05) is 56.2 Å². The highest BCUT2D eigenvalue weighted by Gasteiger charge is 2.59. The van der Waals surface area contributed by atoms with Crippen LogP contribution in [0.2, 0.25) is 0 Å². The van der Waals surface area contributed by atoms with Gasteiger partial charge in [-0.1, -0.05) is 0 Å². The summed E-state index contributed by atoms with van der Waals surface area (Å²) >= 11 is 0. The van der Waals surface area contributed by atoms with Gasteiger partial charge >= 0.3 is 0 Å². The summed E-state index contributed by atoms with van der Waals surface area (Å²) in [6, 6.07) is 10.5. The molecule has 3 saturated carbocycles. The first-order valence-corrected chi connectivity index (χ1v) is 12.7. The molecule has 1 atom stereocenters. The first-order chi connectivity index (χ1) is 17.2. The summed E-state index contributed by atoms with van der Waals surface area (Å²) in [7, 11) is 7.60. The van der Waals surface area contributed by atoms with Crippen molar-refractivity contribution < 1.29 is 4.79 Å². The molecule has 7 rings (SSSR count). The molecule has 4 fully saturated rings. The number of amides is 1. The Kier molecular flexibility index (Phi) is 5.29. The van der Waals surface area contributed by atoms with Crippen molar-refractivity contribution in [1.29, 1.82) is 0 Å². The molecule has 0 unspecified atom stereocenters. The Bertz CT molecular complexity index is 1380. The molecule has 1 amide bonds. The first-order valence-electron chi connectivity index (χ1n) is 12.7. The second-order valence-electron chi connectivity index (χ2n) is 11.1. The normalized spacial score (nSPS) is 24.5. The molecule has 9 heteroatoms. The van der Waals surface area contributed by atoms with E-state index in [1.165, 1.54) is 17.0 Å². The monoisotopic (exact) mass is 487 g/mol. The van der Waals surface area contributed by atoms with Crippen molar-refractivity contribution in [3.63, 3.8) is 0 Å². The number of nitrogens with one attached hydrogen (secondary N) is 1. The topological polar surface area (TPSA) is 86.6 Å². The van der Waals surface area contributed by atoms with Gasteiger partial charge in [-0.05, 0) is 76.0 Å². The lowest BCUT2D eigenvalue weighted by molar-refractivity contribution is -0.0884. The van der Waals surface area contributed by atoms with Crippen molar-refractivity contribution in [2.45, 2.75) is 37.3 Å². The number of benzene rings is 1. The molecule has 2 bridgehead atoms. The van der Waals surface area contributed by atoms with E-state index in [9.17, 15) is 9.59 Å². The van der Waals surface area contributed by atoms with Crippen LogP contribution in [0.15, 0.2) is 41.3 Å². The Balaban J connectivity index is 1.30. The van der Waals surface area contributed by atoms with Crippen LogP contribution in [0.25, 0.3) is 11.0 Å². The van der Waals surface area contributed by atoms with Crippen molar-refractivity contribution in [3.8, 4) is 0 Å². The van der Waals surface area contributed by atoms with Gasteiger partial charge in [0.25, 0.3) is 11.5 Å². The second-order valence-corrected chi connectivity index (χ2v) is 11.1. The third-order valence-corrected chi connectivity index (χ3v) is 8.24. The quantitative estimate of drug-likeness (QED) is 0.572. The molecule has 2 aromatic heterocycles. The molecule has 188 valence electrons. The Morgan fingerprint density at radius 2 is 1.83 bits per heavy atom. The second kappa shape index (κ2) is 8.30. The zero-order valence-corrected chi connectivity index (χ0v) is 21.4. The number of fused-ring (bicyclic) bond motifs is 1. The van der Waals surface area contributed by atoms with Gasteiger partial charge in [-0.25, -0.2) is 4.98 Å². The van der Waals surface area contributed by atoms with E-state index in [1.54, 1.807) is 30.9 Å². The van der Waals surface area contributed by atoms with E-state index in [0.29, 0.717) is 28.9 Å². The molecule has 1 N–H and O–H groups in total. The van der Waals surface area contributed by atoms with Gasteiger partial charge in [0.15, 0.2) is 0 Å². The highest BCUT2D eigenvalue weighted by Crippen LogP contribution is 2.62. The Morgan fingerprint density at radius 3 is 2.42 bits per heavy atom. The van der Waals surface area contributed by atoms with Crippen molar-refractivity contribution in [2.24, 2.45) is 5.92 Å². The fourth-order valence-corrected chi connectivity index (χ4v) is 5.98. The van der Waals surface area contributed by atoms with Gasteiger partial charge in [-0.3, -0.25) is 14.2 Å². The van der Waals surface area contributed by atoms with Gasteiger partial charge in [-0.15, -0.1) is 0 Å². The highest BCUT2D eigenvalue weighted by atomic mass is 16.2. The van der Waals surface area contributed by atoms with Gasteiger partial charge in [0.2, 0.25) is 5.95 Å². The van der Waals surface area contributed by atoms with E-state index >= 15 is 0 Å². The Labute approximate surface area is 210 Å². The highest BCUT2D eigenvalue weighted by molar-refractivity contribution is 5.96. The smallest absolute Gasteiger partial charge is 0.265 e. The summed E-state index contributed by atoms with van der Waals surface area (Å²) < 4.78 is 1.78. The number of carbonyl (C=O) groups is 1. The Hall–Kier alpha value is -3.46. The number of pyridine rings is 1. The third kappa shape index (κ3) is 3.64. The molecule has 1 aliphatic heterocycles. The predicted octanol–water partition coefficient (Wildman–Crippen LogP) is 2.89. The lowest BCUT2D eigenvalue weighted by Gasteiger charge is -2.62. The fraction of sp³-hybridized carbons (Fsp3) is 0.481. The standard InChI is InChI=1S/C27H33N7O2/c1-31(2)21-9-10-33(16-21)20-7-5-19(6-8-20)29-26-28-15-18-11-22(24(35)32(3)4)25(36)34(23(18)30-26)27-12-17(13-27)14-27/h5-8,11,15,17,21H,9-10,12-14,16H2,1-4H3,(H,28,29,30)/t17?,21-,27?/m0/s1. The summed E-state index contributed by atoms with van der Waals surface area (Å²) in [4.78, 5) is 41.7. The summed E-state index contributed by atoms with van der Waals surface area (Å²) in [5.41, 5.74) is 2.40. The van der Waals surface area contributed by atoms with Gasteiger partial charge in [-0.2, -0.15) is 4.98 Å². The van der Waals surface area contributed by atoms with Crippen LogP contribution >= 0.6 is 0 Å². The Morgan fingerprint density at radius 1 is 1.11 bits per heavy atom. The van der Waals surface area contributed by atoms with Crippen LogP contribution in [0, 0.1) is 5.92 Å². The third-order valence-electron chi connectivity index (χ3n) is 8.24. The van der Waals surface area contributed by atoms with Crippen molar-refractivity contribution in [3.05, 3.63) is 52.4 Å². The molecule has 1 aromatic carbocycles. The van der Waals surface area contributed by atoms with Crippen LogP contribution in [0.1, 0.15) is 36.0 Å². The van der Waals surface area contributed by atoms with Crippen LogP contribution in [-0.2, 0) is 5.54 Å². The molecule has 36 heavy (non-hydrogen) atoms. The maximum atomic E-state index is 13.5. The fourth-order valence-electron chi connectivity index (χ4n) is 5.98. The summed E-state index contributed by atoms with van der Waals surface area (Å²) in [5.74, 6) is 0.830. The number of nitrogens with zero attached hydrogens (tertiary/aromatic N) is 6. The predicted molar refractivity (Wildman–Crippen MR) is 141 cm³/mol. The number of hydrogen-bond donors (Lipinski definition) is 1. The van der Waals surface area contributed by atoms with E-state index in [2.05, 4.69) is 46.3 Å². The lowest BCUT2D eigenvalue weighted by atomic mass is 9.49. The first kappa shape index (κ1) is 23.0. The summed E-state index contributed by atoms with van der Waals surface area (Å²) in [5, 5.41) is 4.01.